The van der Waals surface area contributed by atoms with Gasteiger partial charge in [0, 0.05) is 12.5 Å². The second-order valence-corrected chi connectivity index (χ2v) is 6.19. The molecule has 114 valence electrons. The highest BCUT2D eigenvalue weighted by Crippen LogP contribution is 2.32. The minimum Gasteiger partial charge on any atom is -0.313 e. The van der Waals surface area contributed by atoms with E-state index >= 15 is 0 Å². The fourth-order valence-corrected chi connectivity index (χ4v) is 2.45. The van der Waals surface area contributed by atoms with Crippen LogP contribution in [0.25, 0.3) is 0 Å². The van der Waals surface area contributed by atoms with Crippen molar-refractivity contribution in [1.82, 2.24) is 5.32 Å². The third-order valence-corrected chi connectivity index (χ3v) is 3.45. The van der Waals surface area contributed by atoms with Crippen molar-refractivity contribution in [1.29, 1.82) is 0 Å². The molecular weight excluding hydrogens is 263 g/mol. The van der Waals surface area contributed by atoms with Crippen LogP contribution in [0.15, 0.2) is 24.3 Å². The molecule has 4 heteroatoms. The summed E-state index contributed by atoms with van der Waals surface area (Å²) in [6.07, 6.45) is -4.15. The summed E-state index contributed by atoms with van der Waals surface area (Å²) >= 11 is 0. The molecule has 20 heavy (non-hydrogen) atoms. The monoisotopic (exact) mass is 287 g/mol. The normalized spacial score (nSPS) is 14.3. The predicted octanol–water partition coefficient (Wildman–Crippen LogP) is 4.98. The number of hydrogen-bond donors (Lipinski definition) is 1. The maximum Gasteiger partial charge on any atom is 0.389 e. The summed E-state index contributed by atoms with van der Waals surface area (Å²) in [5.41, 5.74) is 2.27. The first-order valence-electron chi connectivity index (χ1n) is 6.98. The summed E-state index contributed by atoms with van der Waals surface area (Å²) in [7, 11) is 1.80. The van der Waals surface area contributed by atoms with Gasteiger partial charge >= 0.3 is 6.18 Å². The lowest BCUT2D eigenvalue weighted by Crippen LogP contribution is -2.23. The van der Waals surface area contributed by atoms with Gasteiger partial charge in [0.2, 0.25) is 0 Å². The zero-order valence-electron chi connectivity index (χ0n) is 12.6. The first kappa shape index (κ1) is 17.0. The van der Waals surface area contributed by atoms with Gasteiger partial charge in [-0.25, -0.2) is 0 Å². The molecular formula is C16H24F3N. The quantitative estimate of drug-likeness (QED) is 0.805. The zero-order chi connectivity index (χ0) is 15.4. The number of rotatable bonds is 5. The van der Waals surface area contributed by atoms with Gasteiger partial charge < -0.3 is 5.32 Å². The van der Waals surface area contributed by atoms with Crippen LogP contribution in [0.1, 0.15) is 57.2 Å². The Kier molecular flexibility index (Phi) is 5.63. The molecule has 1 aromatic rings. The first-order valence-corrected chi connectivity index (χ1v) is 6.98. The third kappa shape index (κ3) is 5.16. The van der Waals surface area contributed by atoms with Crippen LogP contribution in [0, 0.1) is 0 Å². The summed E-state index contributed by atoms with van der Waals surface area (Å²) in [6, 6.07) is 7.96. The lowest BCUT2D eigenvalue weighted by Gasteiger charge is -2.27. The summed E-state index contributed by atoms with van der Waals surface area (Å²) < 4.78 is 36.8. The van der Waals surface area contributed by atoms with Gasteiger partial charge in [0.15, 0.2) is 0 Å². The van der Waals surface area contributed by atoms with E-state index in [2.05, 4.69) is 32.2 Å². The minimum absolute atomic E-state index is 0.0181. The fraction of sp³-hybridized carbons (Fsp3) is 0.625. The molecule has 0 fully saturated rings. The van der Waals surface area contributed by atoms with Gasteiger partial charge in [-0.2, -0.15) is 13.2 Å². The van der Waals surface area contributed by atoms with Crippen LogP contribution in [0.3, 0.4) is 0 Å². The Morgan fingerprint density at radius 2 is 1.70 bits per heavy atom. The van der Waals surface area contributed by atoms with Gasteiger partial charge in [0.25, 0.3) is 0 Å². The average Bonchev–Trinajstić information content (AvgIpc) is 2.32. The minimum atomic E-state index is -4.07. The van der Waals surface area contributed by atoms with Crippen LogP contribution >= 0.6 is 0 Å². The summed E-state index contributed by atoms with van der Waals surface area (Å²) in [5.74, 6) is 0. The van der Waals surface area contributed by atoms with Crippen LogP contribution in [0.5, 0.6) is 0 Å². The molecule has 0 heterocycles. The molecule has 0 amide bonds. The molecule has 1 rings (SSSR count). The van der Waals surface area contributed by atoms with Crippen molar-refractivity contribution in [2.24, 2.45) is 0 Å². The van der Waals surface area contributed by atoms with Crippen molar-refractivity contribution in [2.75, 3.05) is 7.05 Å². The van der Waals surface area contributed by atoms with Gasteiger partial charge in [-0.15, -0.1) is 0 Å². The molecule has 0 aromatic heterocycles. The van der Waals surface area contributed by atoms with Gasteiger partial charge in [-0.3, -0.25) is 0 Å². The van der Waals surface area contributed by atoms with E-state index in [4.69, 9.17) is 0 Å². The van der Waals surface area contributed by atoms with Crippen molar-refractivity contribution < 1.29 is 13.2 Å². The van der Waals surface area contributed by atoms with E-state index in [1.54, 1.807) is 7.05 Å². The zero-order valence-corrected chi connectivity index (χ0v) is 12.6. The number of nitrogens with one attached hydrogen (secondary N) is 1. The number of benzene rings is 1. The van der Waals surface area contributed by atoms with E-state index in [1.165, 1.54) is 5.56 Å². The first-order chi connectivity index (χ1) is 9.15. The van der Waals surface area contributed by atoms with E-state index < -0.39 is 12.6 Å². The second kappa shape index (κ2) is 6.61. The second-order valence-electron chi connectivity index (χ2n) is 6.19. The SMILES string of the molecule is CNC(CCCC(F)(F)F)c1ccccc1C(C)(C)C. The maximum atomic E-state index is 12.3. The molecule has 0 aliphatic carbocycles. The predicted molar refractivity (Wildman–Crippen MR) is 76.8 cm³/mol. The van der Waals surface area contributed by atoms with E-state index in [1.807, 2.05) is 18.2 Å². The number of alkyl halides is 3. The van der Waals surface area contributed by atoms with E-state index in [0.29, 0.717) is 6.42 Å². The van der Waals surface area contributed by atoms with Crippen LogP contribution < -0.4 is 5.32 Å². The van der Waals surface area contributed by atoms with Crippen LogP contribution in [-0.4, -0.2) is 13.2 Å². The summed E-state index contributed by atoms with van der Waals surface area (Å²) in [4.78, 5) is 0. The molecule has 1 unspecified atom stereocenters. The molecule has 0 spiro atoms. The van der Waals surface area contributed by atoms with Gasteiger partial charge in [0.05, 0.1) is 0 Å². The molecule has 0 aliphatic rings. The highest BCUT2D eigenvalue weighted by molar-refractivity contribution is 5.35. The Balaban J connectivity index is 2.85. The van der Waals surface area contributed by atoms with Crippen molar-refractivity contribution in [3.8, 4) is 0 Å². The average molecular weight is 287 g/mol. The molecule has 0 aliphatic heterocycles. The molecule has 1 nitrogen and oxygen atoms in total. The Hall–Kier alpha value is -1.03. The topological polar surface area (TPSA) is 12.0 Å². The molecule has 0 saturated heterocycles. The van der Waals surface area contributed by atoms with Crippen molar-refractivity contribution in [3.05, 3.63) is 35.4 Å². The smallest absolute Gasteiger partial charge is 0.313 e. The lowest BCUT2D eigenvalue weighted by molar-refractivity contribution is -0.135. The molecule has 1 atom stereocenters. The number of halogens is 3. The fourth-order valence-electron chi connectivity index (χ4n) is 2.45. The van der Waals surface area contributed by atoms with Crippen LogP contribution in [0.4, 0.5) is 13.2 Å². The standard InChI is InChI=1S/C16H24F3N/c1-15(2,3)13-9-6-5-8-12(13)14(20-4)10-7-11-16(17,18)19/h5-6,8-9,14,20H,7,10-11H2,1-4H3. The van der Waals surface area contributed by atoms with Crippen molar-refractivity contribution in [2.45, 2.75) is 57.7 Å². The molecule has 0 bridgehead atoms. The van der Waals surface area contributed by atoms with E-state index in [-0.39, 0.29) is 17.9 Å². The lowest BCUT2D eigenvalue weighted by atomic mass is 9.81. The van der Waals surface area contributed by atoms with E-state index in [9.17, 15) is 13.2 Å². The Morgan fingerprint density at radius 3 is 2.20 bits per heavy atom. The Bertz CT molecular complexity index is 418. The molecule has 1 aromatic carbocycles. The van der Waals surface area contributed by atoms with E-state index in [0.717, 1.165) is 5.56 Å². The Morgan fingerprint density at radius 1 is 1.10 bits per heavy atom. The molecule has 0 saturated carbocycles. The Labute approximate surface area is 119 Å². The summed E-state index contributed by atoms with van der Waals surface area (Å²) in [5, 5.41) is 3.15. The maximum absolute atomic E-state index is 12.3. The third-order valence-electron chi connectivity index (χ3n) is 3.45. The summed E-state index contributed by atoms with van der Waals surface area (Å²) in [6.45, 7) is 6.36. The number of hydrogen-bond acceptors (Lipinski definition) is 1. The van der Waals surface area contributed by atoms with Crippen molar-refractivity contribution in [3.63, 3.8) is 0 Å². The van der Waals surface area contributed by atoms with Crippen molar-refractivity contribution >= 4 is 0 Å². The van der Waals surface area contributed by atoms with Gasteiger partial charge in [0.1, 0.15) is 0 Å². The highest BCUT2D eigenvalue weighted by atomic mass is 19.4. The molecule has 0 radical (unpaired) electrons. The molecule has 1 N–H and O–H groups in total. The highest BCUT2D eigenvalue weighted by Gasteiger charge is 2.27. The van der Waals surface area contributed by atoms with Crippen LogP contribution in [0.2, 0.25) is 0 Å². The van der Waals surface area contributed by atoms with Crippen LogP contribution in [-0.2, 0) is 5.41 Å². The van der Waals surface area contributed by atoms with Gasteiger partial charge in [-0.1, -0.05) is 45.0 Å². The largest absolute Gasteiger partial charge is 0.389 e. The van der Waals surface area contributed by atoms with Gasteiger partial charge in [-0.05, 0) is 36.4 Å².